The molecule has 0 aliphatic heterocycles. The van der Waals surface area contributed by atoms with Crippen LogP contribution in [0.1, 0.15) is 38.9 Å². The van der Waals surface area contributed by atoms with Gasteiger partial charge >= 0.3 is 0 Å². The Labute approximate surface area is 213 Å². The van der Waals surface area contributed by atoms with Crippen LogP contribution in [-0.4, -0.2) is 23.4 Å². The van der Waals surface area contributed by atoms with Gasteiger partial charge in [-0.1, -0.05) is 60.1 Å². The molecule has 0 aliphatic rings. The average molecular weight is 473 g/mol. The van der Waals surface area contributed by atoms with Gasteiger partial charge in [-0.3, -0.25) is 0 Å². The summed E-state index contributed by atoms with van der Waals surface area (Å²) in [6.07, 6.45) is 1.33. The number of hydrogen-bond acceptors (Lipinski definition) is 3. The summed E-state index contributed by atoms with van der Waals surface area (Å²) in [6, 6.07) is 31.7. The molecule has 0 saturated carbocycles. The van der Waals surface area contributed by atoms with Crippen molar-refractivity contribution in [2.75, 3.05) is 13.2 Å². The second kappa shape index (κ2) is 13.0. The van der Waals surface area contributed by atoms with Crippen LogP contribution < -0.4 is 4.74 Å². The lowest BCUT2D eigenvalue weighted by atomic mass is 10.1. The summed E-state index contributed by atoms with van der Waals surface area (Å²) in [5.41, 5.74) is 7.05. The van der Waals surface area contributed by atoms with Gasteiger partial charge < -0.3 is 14.9 Å². The van der Waals surface area contributed by atoms with Crippen molar-refractivity contribution < 1.29 is 14.9 Å². The molecule has 0 radical (unpaired) electrons. The second-order valence-corrected chi connectivity index (χ2v) is 8.35. The molecule has 0 aromatic heterocycles. The van der Waals surface area contributed by atoms with Crippen LogP contribution in [0.4, 0.5) is 0 Å². The highest BCUT2D eigenvalue weighted by Crippen LogP contribution is 2.15. The van der Waals surface area contributed by atoms with E-state index in [1.807, 2.05) is 97.1 Å². The average Bonchev–Trinajstić information content (AvgIpc) is 2.93. The van der Waals surface area contributed by atoms with Crippen LogP contribution in [0, 0.1) is 23.7 Å². The van der Waals surface area contributed by atoms with Crippen LogP contribution in [0.25, 0.3) is 0 Å². The SMILES string of the molecule is OCCc1ccc(C#Cc2ccc(COc3ccc(C#Cc4ccc(CCO)cc4)cc3)cc2)cc1. The molecule has 3 nitrogen and oxygen atoms in total. The molecule has 0 atom stereocenters. The van der Waals surface area contributed by atoms with Crippen molar-refractivity contribution in [1.29, 1.82) is 0 Å². The quantitative estimate of drug-likeness (QED) is 0.367. The number of hydrogen-bond donors (Lipinski definition) is 2. The molecule has 36 heavy (non-hydrogen) atoms. The van der Waals surface area contributed by atoms with Crippen LogP contribution in [0.15, 0.2) is 97.1 Å². The fourth-order valence-corrected chi connectivity index (χ4v) is 3.54. The maximum absolute atomic E-state index is 9.00. The molecular formula is C33H28O3. The van der Waals surface area contributed by atoms with Crippen LogP contribution in [0.2, 0.25) is 0 Å². The van der Waals surface area contributed by atoms with E-state index >= 15 is 0 Å². The lowest BCUT2D eigenvalue weighted by Crippen LogP contribution is -1.95. The Morgan fingerprint density at radius 1 is 0.444 bits per heavy atom. The van der Waals surface area contributed by atoms with Crippen molar-refractivity contribution >= 4 is 0 Å². The highest BCUT2D eigenvalue weighted by atomic mass is 16.5. The summed E-state index contributed by atoms with van der Waals surface area (Å²) in [7, 11) is 0. The standard InChI is InChI=1S/C33H28O3/c34-23-21-30-9-5-26(6-10-30)1-2-28-13-15-32(16-14-28)25-36-33-19-17-29(18-20-33)4-3-27-7-11-31(12-8-27)22-24-35/h5-20,34-35H,21-25H2. The largest absolute Gasteiger partial charge is 0.489 e. The summed E-state index contributed by atoms with van der Waals surface area (Å²) < 4.78 is 5.92. The molecule has 0 amide bonds. The number of ether oxygens (including phenoxy) is 1. The van der Waals surface area contributed by atoms with Crippen LogP contribution in [0.5, 0.6) is 5.75 Å². The minimum atomic E-state index is 0.155. The first-order valence-corrected chi connectivity index (χ1v) is 12.0. The normalized spacial score (nSPS) is 10.1. The topological polar surface area (TPSA) is 49.7 Å². The number of benzene rings is 4. The predicted molar refractivity (Wildman–Crippen MR) is 144 cm³/mol. The summed E-state index contributed by atoms with van der Waals surface area (Å²) in [6.45, 7) is 0.790. The maximum atomic E-state index is 9.00. The zero-order valence-electron chi connectivity index (χ0n) is 20.1. The van der Waals surface area contributed by atoms with E-state index in [4.69, 9.17) is 14.9 Å². The van der Waals surface area contributed by atoms with E-state index in [2.05, 4.69) is 23.7 Å². The zero-order valence-corrected chi connectivity index (χ0v) is 20.1. The first kappa shape index (κ1) is 24.8. The van der Waals surface area contributed by atoms with Gasteiger partial charge in [0, 0.05) is 35.5 Å². The molecular weight excluding hydrogens is 444 g/mol. The minimum absolute atomic E-state index is 0.155. The van der Waals surface area contributed by atoms with Crippen LogP contribution in [0.3, 0.4) is 0 Å². The van der Waals surface area contributed by atoms with Crippen molar-refractivity contribution in [3.63, 3.8) is 0 Å². The van der Waals surface area contributed by atoms with Crippen molar-refractivity contribution in [2.24, 2.45) is 0 Å². The van der Waals surface area contributed by atoms with Gasteiger partial charge in [0.2, 0.25) is 0 Å². The Balaban J connectivity index is 1.28. The molecule has 2 N–H and O–H groups in total. The fraction of sp³-hybridized carbons (Fsp3) is 0.152. The third kappa shape index (κ3) is 7.62. The van der Waals surface area contributed by atoms with E-state index < -0.39 is 0 Å². The van der Waals surface area contributed by atoms with Gasteiger partial charge in [0.25, 0.3) is 0 Å². The summed E-state index contributed by atoms with van der Waals surface area (Å²) in [5.74, 6) is 13.5. The van der Waals surface area contributed by atoms with E-state index in [1.165, 1.54) is 0 Å². The predicted octanol–water partition coefficient (Wildman–Crippen LogP) is 5.13. The van der Waals surface area contributed by atoms with E-state index in [0.29, 0.717) is 19.4 Å². The van der Waals surface area contributed by atoms with Gasteiger partial charge in [-0.25, -0.2) is 0 Å². The third-order valence-electron chi connectivity index (χ3n) is 5.62. The van der Waals surface area contributed by atoms with Gasteiger partial charge in [0.1, 0.15) is 12.4 Å². The Kier molecular flexibility index (Phi) is 8.95. The molecule has 3 heteroatoms. The Hall–Kier alpha value is -4.28. The highest BCUT2D eigenvalue weighted by Gasteiger charge is 1.98. The molecule has 0 heterocycles. The molecule has 0 saturated heterocycles. The van der Waals surface area contributed by atoms with Gasteiger partial charge in [0.15, 0.2) is 0 Å². The molecule has 178 valence electrons. The molecule has 0 spiro atoms. The van der Waals surface area contributed by atoms with Crippen molar-refractivity contribution in [3.05, 3.63) is 136 Å². The smallest absolute Gasteiger partial charge is 0.119 e. The van der Waals surface area contributed by atoms with Gasteiger partial charge in [-0.15, -0.1) is 0 Å². The highest BCUT2D eigenvalue weighted by molar-refractivity contribution is 5.46. The molecule has 0 unspecified atom stereocenters. The monoisotopic (exact) mass is 472 g/mol. The molecule has 0 bridgehead atoms. The molecule has 4 aromatic carbocycles. The van der Waals surface area contributed by atoms with Crippen LogP contribution in [-0.2, 0) is 19.4 Å². The molecule has 4 aromatic rings. The van der Waals surface area contributed by atoms with Crippen LogP contribution >= 0.6 is 0 Å². The van der Waals surface area contributed by atoms with Crippen molar-refractivity contribution in [2.45, 2.75) is 19.4 Å². The third-order valence-corrected chi connectivity index (χ3v) is 5.62. The van der Waals surface area contributed by atoms with E-state index in [9.17, 15) is 0 Å². The summed E-state index contributed by atoms with van der Waals surface area (Å²) in [5, 5.41) is 18.0. The first-order chi connectivity index (χ1) is 17.7. The number of rotatable bonds is 7. The Bertz CT molecular complexity index is 1250. The van der Waals surface area contributed by atoms with Gasteiger partial charge in [-0.2, -0.15) is 0 Å². The second-order valence-electron chi connectivity index (χ2n) is 8.35. The van der Waals surface area contributed by atoms with Gasteiger partial charge in [0.05, 0.1) is 0 Å². The minimum Gasteiger partial charge on any atom is -0.489 e. The maximum Gasteiger partial charge on any atom is 0.119 e. The molecule has 0 fully saturated rings. The van der Waals surface area contributed by atoms with Crippen molar-refractivity contribution in [1.82, 2.24) is 0 Å². The van der Waals surface area contributed by atoms with Crippen molar-refractivity contribution in [3.8, 4) is 29.4 Å². The Morgan fingerprint density at radius 3 is 1.14 bits per heavy atom. The lowest BCUT2D eigenvalue weighted by molar-refractivity contribution is 0.299. The molecule has 0 aliphatic carbocycles. The number of aliphatic hydroxyl groups excluding tert-OH is 2. The summed E-state index contributed by atoms with van der Waals surface area (Å²) >= 11 is 0. The van der Waals surface area contributed by atoms with E-state index in [0.717, 1.165) is 44.7 Å². The molecule has 4 rings (SSSR count). The zero-order chi connectivity index (χ0) is 25.0. The fourth-order valence-electron chi connectivity index (χ4n) is 3.54. The lowest BCUT2D eigenvalue weighted by Gasteiger charge is -2.06. The Morgan fingerprint density at radius 2 is 0.778 bits per heavy atom. The van der Waals surface area contributed by atoms with E-state index in [1.54, 1.807) is 0 Å². The summed E-state index contributed by atoms with van der Waals surface area (Å²) in [4.78, 5) is 0. The first-order valence-electron chi connectivity index (χ1n) is 12.0. The number of aliphatic hydroxyl groups is 2. The van der Waals surface area contributed by atoms with E-state index in [-0.39, 0.29) is 13.2 Å². The van der Waals surface area contributed by atoms with Gasteiger partial charge in [-0.05, 0) is 90.2 Å².